The Balaban J connectivity index is 0.000000313. The Morgan fingerprint density at radius 2 is 0.912 bits per heavy atom. The van der Waals surface area contributed by atoms with Gasteiger partial charge in [-0.1, -0.05) is 149 Å². The second-order valence-electron chi connectivity index (χ2n) is 24.8. The number of benzene rings is 4. The molecular formula is C62H100N3O3+. The van der Waals surface area contributed by atoms with Crippen LogP contribution >= 0.6 is 0 Å². The maximum Gasteiger partial charge on any atom is 0.119 e. The van der Waals surface area contributed by atoms with Crippen molar-refractivity contribution in [1.29, 1.82) is 0 Å². The molecule has 0 aliphatic heterocycles. The summed E-state index contributed by atoms with van der Waals surface area (Å²) in [5, 5.41) is 3.11. The minimum Gasteiger partial charge on any atom is -0.494 e. The van der Waals surface area contributed by atoms with E-state index >= 15 is 0 Å². The smallest absolute Gasteiger partial charge is 0.119 e. The lowest BCUT2D eigenvalue weighted by Crippen LogP contribution is -2.35. The van der Waals surface area contributed by atoms with Crippen molar-refractivity contribution >= 4 is 5.57 Å². The zero-order valence-corrected chi connectivity index (χ0v) is 46.6. The second kappa shape index (κ2) is 29.2. The molecule has 5 rings (SSSR count). The number of nitrogens with zero attached hydrogens (tertiary/aromatic N) is 1. The number of quaternary nitrogens is 1. The van der Waals surface area contributed by atoms with Crippen LogP contribution in [0.15, 0.2) is 97.1 Å². The van der Waals surface area contributed by atoms with Gasteiger partial charge in [-0.2, -0.15) is 0 Å². The Kier molecular flexibility index (Phi) is 25.7. The third kappa shape index (κ3) is 29.7. The highest BCUT2D eigenvalue weighted by Crippen LogP contribution is 2.36. The average Bonchev–Trinajstić information content (AvgIpc) is 3.60. The molecule has 0 fully saturated rings. The molecule has 3 N–H and O–H groups in total. The molecule has 0 amide bonds. The van der Waals surface area contributed by atoms with E-state index in [0.717, 1.165) is 86.4 Å². The lowest BCUT2D eigenvalue weighted by atomic mass is 9.86. The highest BCUT2D eigenvalue weighted by Gasteiger charge is 2.20. The first kappa shape index (κ1) is 60.0. The van der Waals surface area contributed by atoms with E-state index in [1.54, 1.807) is 0 Å². The topological polar surface area (TPSA) is 65.7 Å². The van der Waals surface area contributed by atoms with Gasteiger partial charge in [0.05, 0.1) is 47.5 Å². The molecule has 0 bridgehead atoms. The summed E-state index contributed by atoms with van der Waals surface area (Å²) in [5.41, 5.74) is 16.8. The zero-order valence-electron chi connectivity index (χ0n) is 46.6. The van der Waals surface area contributed by atoms with Gasteiger partial charge in [0.1, 0.15) is 17.2 Å². The fourth-order valence-electron chi connectivity index (χ4n) is 7.82. The molecule has 380 valence electrons. The SMILES string of the molecule is CC(C)(C)Cc1ccc(OCCCC[N+](C)(C)C)cc1.CC(C)(C)Cc1ccc(OCCCN)cc1.CNCCCOc1ccc(CC(C)(C)C)cc1.Cc1ccc2c(c1)CC=C2CC(C)(C)C. The van der Waals surface area contributed by atoms with E-state index in [4.69, 9.17) is 19.9 Å². The Morgan fingerprint density at radius 1 is 0.515 bits per heavy atom. The first-order chi connectivity index (χ1) is 31.6. The summed E-state index contributed by atoms with van der Waals surface area (Å²) in [6.07, 6.45) is 12.3. The number of allylic oxidation sites excluding steroid dienone is 2. The standard InChI is InChI=1S/C18H32NO.C15H25NO.C15H20.C14H23NO/c1-18(2,3)15-16-9-11-17(12-10-16)20-14-8-7-13-19(4,5)6;1-15(2,3)12-13-6-8-14(9-7-13)17-11-5-10-16-4;1-11-5-8-14-12(9-11)6-7-13(14)10-15(2,3)4;1-14(2,3)11-12-5-7-13(8-6-12)16-10-4-9-15/h9-12H,7-8,13-15H2,1-6H3;6-9,16H,5,10-12H2,1-4H3;5,7-9H,6,10H2,1-4H3;5-8H,4,9-11,15H2,1-3H3/q+1;;;. The second-order valence-corrected chi connectivity index (χ2v) is 24.8. The van der Waals surface area contributed by atoms with E-state index in [-0.39, 0.29) is 0 Å². The van der Waals surface area contributed by atoms with Gasteiger partial charge < -0.3 is 29.7 Å². The van der Waals surface area contributed by atoms with Crippen LogP contribution in [0.3, 0.4) is 0 Å². The van der Waals surface area contributed by atoms with Gasteiger partial charge in [0.15, 0.2) is 0 Å². The molecule has 4 aromatic rings. The summed E-state index contributed by atoms with van der Waals surface area (Å²) in [5.74, 6) is 2.90. The molecule has 1 aliphatic carbocycles. The van der Waals surface area contributed by atoms with Crippen molar-refractivity contribution in [1.82, 2.24) is 5.32 Å². The van der Waals surface area contributed by atoms with E-state index in [9.17, 15) is 0 Å². The molecule has 0 spiro atoms. The van der Waals surface area contributed by atoms with Gasteiger partial charge in [-0.3, -0.25) is 0 Å². The van der Waals surface area contributed by atoms with E-state index in [1.165, 1.54) is 58.3 Å². The number of rotatable bonds is 19. The van der Waals surface area contributed by atoms with E-state index in [0.29, 0.717) is 34.8 Å². The number of nitrogens with two attached hydrogens (primary N) is 1. The Morgan fingerprint density at radius 3 is 1.28 bits per heavy atom. The van der Waals surface area contributed by atoms with Gasteiger partial charge in [0.2, 0.25) is 0 Å². The van der Waals surface area contributed by atoms with Gasteiger partial charge in [-0.05, 0) is 176 Å². The van der Waals surface area contributed by atoms with Crippen molar-refractivity contribution in [2.24, 2.45) is 27.4 Å². The van der Waals surface area contributed by atoms with E-state index in [1.807, 2.05) is 19.2 Å². The molecule has 6 heteroatoms. The van der Waals surface area contributed by atoms with Crippen LogP contribution in [-0.2, 0) is 25.7 Å². The van der Waals surface area contributed by atoms with Crippen LogP contribution in [0.1, 0.15) is 149 Å². The lowest BCUT2D eigenvalue weighted by Gasteiger charge is -2.23. The maximum atomic E-state index is 5.80. The van der Waals surface area contributed by atoms with Crippen molar-refractivity contribution in [2.75, 3.05) is 67.6 Å². The molecular weight excluding hydrogens is 835 g/mol. The zero-order chi connectivity index (χ0) is 51.0. The largest absolute Gasteiger partial charge is 0.494 e. The monoisotopic (exact) mass is 935 g/mol. The number of hydrogen-bond donors (Lipinski definition) is 2. The quantitative estimate of drug-likeness (QED) is 0.0724. The van der Waals surface area contributed by atoms with E-state index < -0.39 is 0 Å². The predicted molar refractivity (Wildman–Crippen MR) is 297 cm³/mol. The van der Waals surface area contributed by atoms with Crippen molar-refractivity contribution < 1.29 is 18.7 Å². The van der Waals surface area contributed by atoms with Crippen LogP contribution in [-0.4, -0.2) is 72.1 Å². The first-order valence-electron chi connectivity index (χ1n) is 25.7. The molecule has 0 atom stereocenters. The van der Waals surface area contributed by atoms with E-state index in [2.05, 4.69) is 201 Å². The fourth-order valence-corrected chi connectivity index (χ4v) is 7.82. The van der Waals surface area contributed by atoms with Gasteiger partial charge >= 0.3 is 0 Å². The predicted octanol–water partition coefficient (Wildman–Crippen LogP) is 14.8. The Bertz CT molecular complexity index is 1980. The first-order valence-corrected chi connectivity index (χ1v) is 25.7. The summed E-state index contributed by atoms with van der Waals surface area (Å²) in [6, 6.07) is 32.2. The molecule has 1 aliphatic rings. The number of aryl methyl sites for hydroxylation is 1. The Hall–Kier alpha value is -4.10. The minimum absolute atomic E-state index is 0.335. The molecule has 6 nitrogen and oxygen atoms in total. The third-order valence-corrected chi connectivity index (χ3v) is 10.8. The summed E-state index contributed by atoms with van der Waals surface area (Å²) in [4.78, 5) is 0. The lowest BCUT2D eigenvalue weighted by molar-refractivity contribution is -0.870. The molecule has 0 aromatic heterocycles. The summed E-state index contributed by atoms with van der Waals surface area (Å²) < 4.78 is 18.0. The fraction of sp³-hybridized carbons (Fsp3) is 0.581. The van der Waals surface area contributed by atoms with Gasteiger partial charge in [-0.15, -0.1) is 0 Å². The number of ether oxygens (including phenoxy) is 3. The van der Waals surface area contributed by atoms with Gasteiger partial charge in [0.25, 0.3) is 0 Å². The van der Waals surface area contributed by atoms with Crippen LogP contribution < -0.4 is 25.3 Å². The molecule has 0 saturated carbocycles. The molecule has 0 unspecified atom stereocenters. The number of unbranched alkanes of at least 4 members (excludes halogenated alkanes) is 1. The minimum atomic E-state index is 0.335. The van der Waals surface area contributed by atoms with Crippen LogP contribution in [0.2, 0.25) is 0 Å². The molecule has 68 heavy (non-hydrogen) atoms. The molecule has 4 aromatic carbocycles. The van der Waals surface area contributed by atoms with Crippen LogP contribution in [0.4, 0.5) is 0 Å². The molecule has 0 radical (unpaired) electrons. The average molecular weight is 935 g/mol. The van der Waals surface area contributed by atoms with Gasteiger partial charge in [-0.25, -0.2) is 0 Å². The number of hydrogen-bond acceptors (Lipinski definition) is 5. The normalized spacial score (nSPS) is 12.6. The van der Waals surface area contributed by atoms with Crippen LogP contribution in [0, 0.1) is 28.6 Å². The maximum absolute atomic E-state index is 5.80. The highest BCUT2D eigenvalue weighted by atomic mass is 16.5. The molecule has 0 saturated heterocycles. The van der Waals surface area contributed by atoms with Gasteiger partial charge in [0, 0.05) is 0 Å². The van der Waals surface area contributed by atoms with Crippen molar-refractivity contribution in [3.8, 4) is 17.2 Å². The van der Waals surface area contributed by atoms with Crippen molar-refractivity contribution in [3.05, 3.63) is 130 Å². The number of fused-ring (bicyclic) bond motifs is 1. The van der Waals surface area contributed by atoms with Crippen molar-refractivity contribution in [3.63, 3.8) is 0 Å². The highest BCUT2D eigenvalue weighted by molar-refractivity contribution is 5.73. The third-order valence-electron chi connectivity index (χ3n) is 10.8. The summed E-state index contributed by atoms with van der Waals surface area (Å²) >= 11 is 0. The Labute approximate surface area is 418 Å². The van der Waals surface area contributed by atoms with Crippen LogP contribution in [0.5, 0.6) is 17.2 Å². The summed E-state index contributed by atoms with van der Waals surface area (Å²) in [7, 11) is 8.65. The number of nitrogens with one attached hydrogen (secondary N) is 1. The van der Waals surface area contributed by atoms with Crippen LogP contribution in [0.25, 0.3) is 5.57 Å². The molecule has 0 heterocycles. The van der Waals surface area contributed by atoms with Crippen molar-refractivity contribution in [2.45, 2.75) is 148 Å². The summed E-state index contributed by atoms with van der Waals surface area (Å²) in [6.45, 7) is 34.6.